The van der Waals surface area contributed by atoms with E-state index in [2.05, 4.69) is 10.4 Å². The van der Waals surface area contributed by atoms with Crippen LogP contribution in [0, 0.1) is 0 Å². The van der Waals surface area contributed by atoms with Crippen molar-refractivity contribution in [3.8, 4) is 5.75 Å². The minimum atomic E-state index is -0.333. The number of hydrogen-bond acceptors (Lipinski definition) is 4. The van der Waals surface area contributed by atoms with Crippen LogP contribution in [-0.4, -0.2) is 24.1 Å². The van der Waals surface area contributed by atoms with Crippen molar-refractivity contribution in [2.45, 2.75) is 19.8 Å². The summed E-state index contributed by atoms with van der Waals surface area (Å²) in [7, 11) is 0. The van der Waals surface area contributed by atoms with Crippen molar-refractivity contribution in [1.29, 1.82) is 0 Å². The van der Waals surface area contributed by atoms with Crippen LogP contribution in [0.4, 0.5) is 11.4 Å². The van der Waals surface area contributed by atoms with E-state index in [9.17, 15) is 9.59 Å². The van der Waals surface area contributed by atoms with E-state index in [1.165, 1.54) is 5.01 Å². The molecule has 0 aliphatic carbocycles. The van der Waals surface area contributed by atoms with E-state index in [0.717, 1.165) is 0 Å². The molecule has 0 spiro atoms. The zero-order chi connectivity index (χ0) is 17.6. The van der Waals surface area contributed by atoms with Crippen molar-refractivity contribution in [2.24, 2.45) is 5.10 Å². The third kappa shape index (κ3) is 3.85. The molecule has 0 saturated heterocycles. The summed E-state index contributed by atoms with van der Waals surface area (Å²) in [5.41, 5.74) is 1.54. The fraction of sp³-hybridized carbons (Fsp3) is 0.211. The minimum absolute atomic E-state index is 0.127. The molecule has 1 heterocycles. The van der Waals surface area contributed by atoms with E-state index in [1.807, 2.05) is 37.3 Å². The Balaban J connectivity index is 1.81. The zero-order valence-corrected chi connectivity index (χ0v) is 13.9. The summed E-state index contributed by atoms with van der Waals surface area (Å²) >= 11 is 0. The van der Waals surface area contributed by atoms with Gasteiger partial charge in [-0.3, -0.25) is 9.59 Å². The van der Waals surface area contributed by atoms with Crippen LogP contribution < -0.4 is 15.1 Å². The Kier molecular flexibility index (Phi) is 5.09. The maximum absolute atomic E-state index is 12.6. The number of para-hydroxylation sites is 3. The highest BCUT2D eigenvalue weighted by atomic mass is 16.5. The maximum Gasteiger partial charge on any atom is 0.271 e. The van der Waals surface area contributed by atoms with Crippen molar-refractivity contribution in [2.75, 3.05) is 16.9 Å². The van der Waals surface area contributed by atoms with Crippen LogP contribution in [-0.2, 0) is 9.59 Å². The maximum atomic E-state index is 12.6. The lowest BCUT2D eigenvalue weighted by atomic mass is 10.1. The number of benzene rings is 2. The SMILES string of the molecule is CCOc1ccccc1NC(=O)C1=NN(c2ccccc2)C(=O)CC1. The van der Waals surface area contributed by atoms with Gasteiger partial charge in [0.05, 0.1) is 18.0 Å². The predicted octanol–water partition coefficient (Wildman–Crippen LogP) is 3.21. The summed E-state index contributed by atoms with van der Waals surface area (Å²) < 4.78 is 5.51. The van der Waals surface area contributed by atoms with Gasteiger partial charge >= 0.3 is 0 Å². The molecule has 0 unspecified atom stereocenters. The average Bonchev–Trinajstić information content (AvgIpc) is 2.64. The third-order valence-corrected chi connectivity index (χ3v) is 3.73. The van der Waals surface area contributed by atoms with Gasteiger partial charge in [-0.2, -0.15) is 5.10 Å². The molecule has 3 rings (SSSR count). The molecule has 0 radical (unpaired) electrons. The summed E-state index contributed by atoms with van der Waals surface area (Å²) in [6.07, 6.45) is 0.555. The second-order valence-corrected chi connectivity index (χ2v) is 5.47. The smallest absolute Gasteiger partial charge is 0.271 e. The van der Waals surface area contributed by atoms with Gasteiger partial charge in [0.1, 0.15) is 11.5 Å². The van der Waals surface area contributed by atoms with Crippen LogP contribution in [0.1, 0.15) is 19.8 Å². The fourth-order valence-electron chi connectivity index (χ4n) is 2.53. The third-order valence-electron chi connectivity index (χ3n) is 3.73. The van der Waals surface area contributed by atoms with Crippen LogP contribution >= 0.6 is 0 Å². The van der Waals surface area contributed by atoms with Crippen LogP contribution in [0.3, 0.4) is 0 Å². The van der Waals surface area contributed by atoms with Crippen molar-refractivity contribution < 1.29 is 14.3 Å². The standard InChI is InChI=1S/C19H19N3O3/c1-2-25-17-11-7-6-10-15(17)20-19(24)16-12-13-18(23)22(21-16)14-8-4-3-5-9-14/h3-11H,2,12-13H2,1H3,(H,20,24). The number of nitrogens with zero attached hydrogens (tertiary/aromatic N) is 2. The van der Waals surface area contributed by atoms with Gasteiger partial charge in [-0.1, -0.05) is 30.3 Å². The molecule has 0 atom stereocenters. The van der Waals surface area contributed by atoms with Gasteiger partial charge < -0.3 is 10.1 Å². The molecule has 1 aliphatic rings. The number of rotatable bonds is 5. The summed E-state index contributed by atoms with van der Waals surface area (Å²) in [6, 6.07) is 16.3. The minimum Gasteiger partial charge on any atom is -0.492 e. The molecule has 1 N–H and O–H groups in total. The highest BCUT2D eigenvalue weighted by Crippen LogP contribution is 2.25. The first-order valence-corrected chi connectivity index (χ1v) is 8.17. The molecule has 1 aliphatic heterocycles. The van der Waals surface area contributed by atoms with E-state index in [4.69, 9.17) is 4.74 Å². The van der Waals surface area contributed by atoms with Gasteiger partial charge in [0.25, 0.3) is 5.91 Å². The number of nitrogens with one attached hydrogen (secondary N) is 1. The normalized spacial score (nSPS) is 14.0. The van der Waals surface area contributed by atoms with E-state index in [-0.39, 0.29) is 18.2 Å². The number of hydrazone groups is 1. The number of carbonyl (C=O) groups excluding carboxylic acids is 2. The fourth-order valence-corrected chi connectivity index (χ4v) is 2.53. The Morgan fingerprint density at radius 1 is 1.12 bits per heavy atom. The molecular weight excluding hydrogens is 318 g/mol. The van der Waals surface area contributed by atoms with Crippen molar-refractivity contribution in [3.63, 3.8) is 0 Å². The Morgan fingerprint density at radius 2 is 1.84 bits per heavy atom. The lowest BCUT2D eigenvalue weighted by molar-refractivity contribution is -0.118. The molecule has 0 aromatic heterocycles. The van der Waals surface area contributed by atoms with Gasteiger partial charge in [0, 0.05) is 12.8 Å². The Hall–Kier alpha value is -3.15. The van der Waals surface area contributed by atoms with Crippen molar-refractivity contribution in [1.82, 2.24) is 0 Å². The molecule has 0 bridgehead atoms. The lowest BCUT2D eigenvalue weighted by Gasteiger charge is -2.23. The molecule has 2 amide bonds. The first-order chi connectivity index (χ1) is 12.2. The second kappa shape index (κ2) is 7.61. The summed E-state index contributed by atoms with van der Waals surface area (Å²) in [6.45, 7) is 2.39. The molecule has 6 nitrogen and oxygen atoms in total. The van der Waals surface area contributed by atoms with E-state index in [0.29, 0.717) is 35.9 Å². The predicted molar refractivity (Wildman–Crippen MR) is 96.8 cm³/mol. The van der Waals surface area contributed by atoms with Crippen LogP contribution in [0.25, 0.3) is 0 Å². The second-order valence-electron chi connectivity index (χ2n) is 5.47. The summed E-state index contributed by atoms with van der Waals surface area (Å²) in [5, 5.41) is 8.36. The summed E-state index contributed by atoms with van der Waals surface area (Å²) in [5.74, 6) is 0.142. The topological polar surface area (TPSA) is 71.0 Å². The zero-order valence-electron chi connectivity index (χ0n) is 13.9. The number of ether oxygens (including phenoxy) is 1. The van der Waals surface area contributed by atoms with E-state index < -0.39 is 0 Å². The van der Waals surface area contributed by atoms with E-state index >= 15 is 0 Å². The van der Waals surface area contributed by atoms with Crippen molar-refractivity contribution in [3.05, 3.63) is 54.6 Å². The van der Waals surface area contributed by atoms with E-state index in [1.54, 1.807) is 24.3 Å². The van der Waals surface area contributed by atoms with Crippen LogP contribution in [0.15, 0.2) is 59.7 Å². The summed E-state index contributed by atoms with van der Waals surface area (Å²) in [4.78, 5) is 24.7. The average molecular weight is 337 g/mol. The first-order valence-electron chi connectivity index (χ1n) is 8.17. The molecule has 25 heavy (non-hydrogen) atoms. The van der Waals surface area contributed by atoms with Gasteiger partial charge in [-0.05, 0) is 31.2 Å². The monoisotopic (exact) mass is 337 g/mol. The van der Waals surface area contributed by atoms with Crippen molar-refractivity contribution >= 4 is 28.9 Å². The molecule has 0 fully saturated rings. The quantitative estimate of drug-likeness (QED) is 0.911. The molecule has 2 aromatic carbocycles. The molecule has 2 aromatic rings. The van der Waals surface area contributed by atoms with Crippen LogP contribution in [0.2, 0.25) is 0 Å². The number of carbonyl (C=O) groups is 2. The molecular formula is C19H19N3O3. The Labute approximate surface area is 146 Å². The van der Waals surface area contributed by atoms with Gasteiger partial charge in [0.15, 0.2) is 0 Å². The number of anilines is 2. The van der Waals surface area contributed by atoms with Gasteiger partial charge in [0.2, 0.25) is 5.91 Å². The van der Waals surface area contributed by atoms with Gasteiger partial charge in [-0.25, -0.2) is 5.01 Å². The largest absolute Gasteiger partial charge is 0.492 e. The van der Waals surface area contributed by atoms with Gasteiger partial charge in [-0.15, -0.1) is 0 Å². The number of amides is 2. The highest BCUT2D eigenvalue weighted by Gasteiger charge is 2.25. The Morgan fingerprint density at radius 3 is 2.60 bits per heavy atom. The molecule has 0 saturated carbocycles. The molecule has 128 valence electrons. The Bertz CT molecular complexity index is 803. The van der Waals surface area contributed by atoms with Crippen LogP contribution in [0.5, 0.6) is 5.75 Å². The highest BCUT2D eigenvalue weighted by molar-refractivity contribution is 6.44. The number of hydrogen-bond donors (Lipinski definition) is 1. The molecule has 6 heteroatoms. The first kappa shape index (κ1) is 16.7. The lowest BCUT2D eigenvalue weighted by Crippen LogP contribution is -2.36.